The Morgan fingerprint density at radius 3 is 2.48 bits per heavy atom. The van der Waals surface area contributed by atoms with Crippen molar-refractivity contribution < 1.29 is 18.1 Å². The molecule has 0 aliphatic heterocycles. The quantitative estimate of drug-likeness (QED) is 0.312. The summed E-state index contributed by atoms with van der Waals surface area (Å²) >= 11 is 0. The highest BCUT2D eigenvalue weighted by molar-refractivity contribution is 8.13. The Hall–Kier alpha value is -1.34. The predicted molar refractivity (Wildman–Crippen MR) is 80.5 cm³/mol. The monoisotopic (exact) mass is 335 g/mol. The van der Waals surface area contributed by atoms with Gasteiger partial charge >= 0.3 is 0 Å². The number of hydrogen-bond donors (Lipinski definition) is 0. The summed E-state index contributed by atoms with van der Waals surface area (Å²) in [5.41, 5.74) is 0.0453. The molecule has 0 bridgehead atoms. The third-order valence-electron chi connectivity index (χ3n) is 2.94. The Balaban J connectivity index is 3.04. The van der Waals surface area contributed by atoms with Crippen LogP contribution in [0.1, 0.15) is 38.2 Å². The Bertz CT molecular complexity index is 615. The average Bonchev–Trinajstić information content (AvgIpc) is 2.38. The molecule has 0 aliphatic rings. The van der Waals surface area contributed by atoms with Crippen molar-refractivity contribution in [3.63, 3.8) is 0 Å². The molecule has 0 fully saturated rings. The van der Waals surface area contributed by atoms with E-state index in [4.69, 9.17) is 15.4 Å². The highest BCUT2D eigenvalue weighted by Gasteiger charge is 2.23. The van der Waals surface area contributed by atoms with Crippen molar-refractivity contribution >= 4 is 25.4 Å². The lowest BCUT2D eigenvalue weighted by Gasteiger charge is -2.12. The summed E-state index contributed by atoms with van der Waals surface area (Å²) in [6.45, 7) is 3.98. The van der Waals surface area contributed by atoms with Crippen LogP contribution in [-0.2, 0) is 9.05 Å². The van der Waals surface area contributed by atoms with Crippen LogP contribution in [0, 0.1) is 17.0 Å². The van der Waals surface area contributed by atoms with Gasteiger partial charge in [0.2, 0.25) is 0 Å². The predicted octanol–water partition coefficient (Wildman–Crippen LogP) is 3.79. The van der Waals surface area contributed by atoms with Gasteiger partial charge in [0.05, 0.1) is 11.5 Å². The molecule has 6 nitrogen and oxygen atoms in total. The standard InChI is InChI=1S/C13H18ClNO5S/c1-3-4-5-6-7-20-13-10(2)8-11(15(16)17)9-12(13)21(14,18)19/h8-9H,3-7H2,1-2H3. The van der Waals surface area contributed by atoms with E-state index in [1.165, 1.54) is 6.07 Å². The van der Waals surface area contributed by atoms with E-state index in [9.17, 15) is 18.5 Å². The van der Waals surface area contributed by atoms with Gasteiger partial charge in [-0.2, -0.15) is 0 Å². The summed E-state index contributed by atoms with van der Waals surface area (Å²) in [6, 6.07) is 2.20. The zero-order chi connectivity index (χ0) is 16.0. The highest BCUT2D eigenvalue weighted by atomic mass is 35.7. The van der Waals surface area contributed by atoms with Crippen molar-refractivity contribution in [3.8, 4) is 5.75 Å². The van der Waals surface area contributed by atoms with Crippen LogP contribution in [0.5, 0.6) is 5.75 Å². The molecule has 0 N–H and O–H groups in total. The third kappa shape index (κ3) is 5.17. The van der Waals surface area contributed by atoms with Gasteiger partial charge in [-0.25, -0.2) is 8.42 Å². The molecular formula is C13H18ClNO5S. The van der Waals surface area contributed by atoms with Crippen LogP contribution in [0.2, 0.25) is 0 Å². The van der Waals surface area contributed by atoms with E-state index >= 15 is 0 Å². The molecule has 21 heavy (non-hydrogen) atoms. The molecule has 0 radical (unpaired) electrons. The summed E-state index contributed by atoms with van der Waals surface area (Å²) in [5.74, 6) is 0.0899. The fourth-order valence-electron chi connectivity index (χ4n) is 1.90. The van der Waals surface area contributed by atoms with Crippen LogP contribution >= 0.6 is 10.7 Å². The molecule has 1 rings (SSSR count). The second-order valence-electron chi connectivity index (χ2n) is 4.69. The van der Waals surface area contributed by atoms with Crippen molar-refractivity contribution in [2.24, 2.45) is 0 Å². The Kier molecular flexibility index (Phi) is 6.42. The van der Waals surface area contributed by atoms with Gasteiger partial charge in [0.25, 0.3) is 14.7 Å². The van der Waals surface area contributed by atoms with Crippen LogP contribution < -0.4 is 4.74 Å². The van der Waals surface area contributed by atoms with Crippen molar-refractivity contribution in [1.29, 1.82) is 0 Å². The Morgan fingerprint density at radius 1 is 1.29 bits per heavy atom. The number of ether oxygens (including phenoxy) is 1. The Morgan fingerprint density at radius 2 is 1.95 bits per heavy atom. The minimum atomic E-state index is -4.12. The summed E-state index contributed by atoms with van der Waals surface area (Å²) in [4.78, 5) is 9.78. The molecule has 0 amide bonds. The summed E-state index contributed by atoms with van der Waals surface area (Å²) in [7, 11) is 1.23. The van der Waals surface area contributed by atoms with Gasteiger partial charge in [-0.15, -0.1) is 0 Å². The van der Waals surface area contributed by atoms with E-state index in [-0.39, 0.29) is 16.3 Å². The first kappa shape index (κ1) is 17.7. The summed E-state index contributed by atoms with van der Waals surface area (Å²) in [5, 5.41) is 10.8. The van der Waals surface area contributed by atoms with Gasteiger partial charge in [0.1, 0.15) is 10.6 Å². The summed E-state index contributed by atoms with van der Waals surface area (Å²) in [6.07, 6.45) is 3.92. The van der Waals surface area contributed by atoms with E-state index in [0.29, 0.717) is 12.2 Å². The maximum Gasteiger partial charge on any atom is 0.271 e. The van der Waals surface area contributed by atoms with E-state index in [2.05, 4.69) is 6.92 Å². The average molecular weight is 336 g/mol. The van der Waals surface area contributed by atoms with Gasteiger partial charge in [0, 0.05) is 22.8 Å². The molecule has 0 saturated heterocycles. The molecular weight excluding hydrogens is 318 g/mol. The second kappa shape index (κ2) is 7.61. The number of aryl methyl sites for hydroxylation is 1. The second-order valence-corrected chi connectivity index (χ2v) is 7.23. The van der Waals surface area contributed by atoms with Gasteiger partial charge in [-0.3, -0.25) is 10.1 Å². The minimum Gasteiger partial charge on any atom is -0.492 e. The number of benzene rings is 1. The SMILES string of the molecule is CCCCCCOc1c(C)cc([N+](=O)[O-])cc1S(=O)(=O)Cl. The number of nitro groups is 1. The van der Waals surface area contributed by atoms with Gasteiger partial charge in [-0.05, 0) is 18.9 Å². The van der Waals surface area contributed by atoms with E-state index in [1.807, 2.05) is 0 Å². The normalized spacial score (nSPS) is 11.4. The topological polar surface area (TPSA) is 86.5 Å². The van der Waals surface area contributed by atoms with Gasteiger partial charge in [-0.1, -0.05) is 26.2 Å². The molecule has 0 unspecified atom stereocenters. The van der Waals surface area contributed by atoms with Crippen LogP contribution in [0.25, 0.3) is 0 Å². The van der Waals surface area contributed by atoms with Crippen LogP contribution in [0.3, 0.4) is 0 Å². The fraction of sp³-hybridized carbons (Fsp3) is 0.538. The van der Waals surface area contributed by atoms with Crippen molar-refractivity contribution in [2.75, 3.05) is 6.61 Å². The molecule has 0 aromatic heterocycles. The van der Waals surface area contributed by atoms with Crippen LogP contribution in [-0.4, -0.2) is 19.9 Å². The lowest BCUT2D eigenvalue weighted by molar-refractivity contribution is -0.385. The highest BCUT2D eigenvalue weighted by Crippen LogP contribution is 2.34. The first-order chi connectivity index (χ1) is 9.77. The van der Waals surface area contributed by atoms with E-state index in [1.54, 1.807) is 6.92 Å². The number of unbranched alkanes of at least 4 members (excludes halogenated alkanes) is 3. The van der Waals surface area contributed by atoms with E-state index in [0.717, 1.165) is 31.7 Å². The molecule has 0 atom stereocenters. The maximum atomic E-state index is 11.6. The molecule has 8 heteroatoms. The van der Waals surface area contributed by atoms with Crippen LogP contribution in [0.15, 0.2) is 17.0 Å². The zero-order valence-electron chi connectivity index (χ0n) is 12.0. The largest absolute Gasteiger partial charge is 0.492 e. The molecule has 0 spiro atoms. The maximum absolute atomic E-state index is 11.6. The minimum absolute atomic E-state index is 0.0899. The number of nitro benzene ring substituents is 1. The molecule has 0 heterocycles. The number of nitrogens with zero attached hydrogens (tertiary/aromatic N) is 1. The lowest BCUT2D eigenvalue weighted by Crippen LogP contribution is -2.05. The summed E-state index contributed by atoms with van der Waals surface area (Å²) < 4.78 is 28.6. The number of hydrogen-bond acceptors (Lipinski definition) is 5. The molecule has 0 saturated carbocycles. The van der Waals surface area contributed by atoms with Crippen LogP contribution in [0.4, 0.5) is 5.69 Å². The van der Waals surface area contributed by atoms with Crippen molar-refractivity contribution in [2.45, 2.75) is 44.4 Å². The third-order valence-corrected chi connectivity index (χ3v) is 4.27. The van der Waals surface area contributed by atoms with Gasteiger partial charge in [0.15, 0.2) is 0 Å². The molecule has 1 aromatic carbocycles. The van der Waals surface area contributed by atoms with Crippen molar-refractivity contribution in [1.82, 2.24) is 0 Å². The van der Waals surface area contributed by atoms with Crippen molar-refractivity contribution in [3.05, 3.63) is 27.8 Å². The smallest absolute Gasteiger partial charge is 0.271 e. The zero-order valence-corrected chi connectivity index (χ0v) is 13.5. The lowest BCUT2D eigenvalue weighted by atomic mass is 10.2. The first-order valence-corrected chi connectivity index (χ1v) is 8.94. The molecule has 1 aromatic rings. The number of rotatable bonds is 8. The number of non-ortho nitro benzene ring substituents is 1. The molecule has 118 valence electrons. The van der Waals surface area contributed by atoms with Gasteiger partial charge < -0.3 is 4.74 Å². The Labute approximate surface area is 128 Å². The molecule has 0 aliphatic carbocycles. The van der Waals surface area contributed by atoms with E-state index < -0.39 is 14.0 Å². The first-order valence-electron chi connectivity index (χ1n) is 6.64. The fourth-order valence-corrected chi connectivity index (χ4v) is 2.94. The number of halogens is 1.